The van der Waals surface area contributed by atoms with Crippen LogP contribution in [0.2, 0.25) is 0 Å². The molecule has 0 heterocycles. The summed E-state index contributed by atoms with van der Waals surface area (Å²) in [7, 11) is 0. The fourth-order valence-electron chi connectivity index (χ4n) is 2.62. The van der Waals surface area contributed by atoms with Crippen LogP contribution in [0.25, 0.3) is 0 Å². The third kappa shape index (κ3) is 8.74. The second kappa shape index (κ2) is 13.4. The lowest BCUT2D eigenvalue weighted by molar-refractivity contribution is 0.0950. The summed E-state index contributed by atoms with van der Waals surface area (Å²) < 4.78 is 10.8. The lowest BCUT2D eigenvalue weighted by atomic mass is 10.2. The standard InChI is InChI=1S/C23H29N3O4S/c1-3-5-13-24-21(27)18-7-6-8-19(16-18)25-23(31)26-22(28)17-9-11-20(12-10-17)30-15-14-29-4-2/h6-12,16H,3-5,13-15H2,1-2H3,(H,24,27)(H2,25,26,28,31). The Hall–Kier alpha value is -2.97. The van der Waals surface area contributed by atoms with Gasteiger partial charge in [-0.1, -0.05) is 19.4 Å². The molecule has 2 aromatic rings. The van der Waals surface area contributed by atoms with Crippen molar-refractivity contribution in [2.24, 2.45) is 0 Å². The van der Waals surface area contributed by atoms with Gasteiger partial charge in [-0.3, -0.25) is 14.9 Å². The van der Waals surface area contributed by atoms with E-state index in [1.807, 2.05) is 6.92 Å². The molecule has 2 amide bonds. The molecule has 7 nitrogen and oxygen atoms in total. The number of hydrogen-bond donors (Lipinski definition) is 3. The van der Waals surface area contributed by atoms with E-state index in [0.717, 1.165) is 12.8 Å². The summed E-state index contributed by atoms with van der Waals surface area (Å²) in [5, 5.41) is 8.59. The van der Waals surface area contributed by atoms with Gasteiger partial charge in [0.1, 0.15) is 12.4 Å². The quantitative estimate of drug-likeness (QED) is 0.362. The minimum absolute atomic E-state index is 0.143. The van der Waals surface area contributed by atoms with Crippen molar-refractivity contribution in [3.63, 3.8) is 0 Å². The van der Waals surface area contributed by atoms with E-state index < -0.39 is 0 Å². The van der Waals surface area contributed by atoms with Gasteiger partial charge >= 0.3 is 0 Å². The van der Waals surface area contributed by atoms with Crippen LogP contribution in [-0.2, 0) is 4.74 Å². The lowest BCUT2D eigenvalue weighted by Crippen LogP contribution is -2.34. The van der Waals surface area contributed by atoms with Crippen LogP contribution in [0.4, 0.5) is 5.69 Å². The van der Waals surface area contributed by atoms with Crippen molar-refractivity contribution < 1.29 is 19.1 Å². The number of anilines is 1. The van der Waals surface area contributed by atoms with Gasteiger partial charge in [-0.25, -0.2) is 0 Å². The van der Waals surface area contributed by atoms with Crippen molar-refractivity contribution in [3.05, 3.63) is 59.7 Å². The number of nitrogens with one attached hydrogen (secondary N) is 3. The van der Waals surface area contributed by atoms with Gasteiger partial charge in [0.25, 0.3) is 11.8 Å². The van der Waals surface area contributed by atoms with Crippen LogP contribution in [-0.4, -0.2) is 43.3 Å². The molecule has 0 fully saturated rings. The topological polar surface area (TPSA) is 88.7 Å². The number of amides is 2. The number of ether oxygens (including phenoxy) is 2. The number of benzene rings is 2. The molecule has 0 radical (unpaired) electrons. The average Bonchev–Trinajstić information content (AvgIpc) is 2.77. The summed E-state index contributed by atoms with van der Waals surface area (Å²) in [4.78, 5) is 24.6. The summed E-state index contributed by atoms with van der Waals surface area (Å²) in [5.41, 5.74) is 1.59. The van der Waals surface area contributed by atoms with Crippen LogP contribution in [0.1, 0.15) is 47.4 Å². The Kier molecular flexibility index (Phi) is 10.5. The molecule has 2 rings (SSSR count). The third-order valence-electron chi connectivity index (χ3n) is 4.24. The number of unbranched alkanes of at least 4 members (excludes halogenated alkanes) is 1. The van der Waals surface area contributed by atoms with E-state index in [1.54, 1.807) is 48.5 Å². The first-order valence-electron chi connectivity index (χ1n) is 10.3. The van der Waals surface area contributed by atoms with Crippen LogP contribution in [0.3, 0.4) is 0 Å². The van der Waals surface area contributed by atoms with Crippen molar-refractivity contribution in [2.45, 2.75) is 26.7 Å². The highest BCUT2D eigenvalue weighted by Crippen LogP contribution is 2.13. The van der Waals surface area contributed by atoms with Crippen molar-refractivity contribution in [2.75, 3.05) is 31.7 Å². The van der Waals surface area contributed by atoms with Gasteiger partial charge in [-0.05, 0) is 68.0 Å². The molecule has 2 aromatic carbocycles. The van der Waals surface area contributed by atoms with Crippen molar-refractivity contribution in [1.29, 1.82) is 0 Å². The van der Waals surface area contributed by atoms with Crippen LogP contribution in [0, 0.1) is 0 Å². The van der Waals surface area contributed by atoms with Gasteiger partial charge < -0.3 is 20.1 Å². The monoisotopic (exact) mass is 443 g/mol. The van der Waals surface area contributed by atoms with Crippen molar-refractivity contribution in [1.82, 2.24) is 10.6 Å². The molecule has 0 aliphatic heterocycles. The van der Waals surface area contributed by atoms with Crippen molar-refractivity contribution >= 4 is 34.8 Å². The molecule has 0 saturated carbocycles. The number of hydrogen-bond acceptors (Lipinski definition) is 5. The smallest absolute Gasteiger partial charge is 0.257 e. The first-order valence-corrected chi connectivity index (χ1v) is 10.8. The van der Waals surface area contributed by atoms with Gasteiger partial charge in [0.05, 0.1) is 6.61 Å². The van der Waals surface area contributed by atoms with Crippen LogP contribution >= 0.6 is 12.2 Å². The molecule has 0 aliphatic carbocycles. The van der Waals surface area contributed by atoms with Crippen LogP contribution < -0.4 is 20.7 Å². The van der Waals surface area contributed by atoms with E-state index in [-0.39, 0.29) is 16.9 Å². The van der Waals surface area contributed by atoms with Crippen LogP contribution in [0.5, 0.6) is 5.75 Å². The molecule has 0 spiro atoms. The highest BCUT2D eigenvalue weighted by molar-refractivity contribution is 7.80. The normalized spacial score (nSPS) is 10.3. The summed E-state index contributed by atoms with van der Waals surface area (Å²) in [6.45, 7) is 6.24. The Morgan fingerprint density at radius 1 is 0.968 bits per heavy atom. The maximum Gasteiger partial charge on any atom is 0.257 e. The summed E-state index contributed by atoms with van der Waals surface area (Å²) in [6, 6.07) is 13.7. The lowest BCUT2D eigenvalue weighted by Gasteiger charge is -2.11. The first-order chi connectivity index (χ1) is 15.0. The Balaban J connectivity index is 1.86. The molecular formula is C23H29N3O4S. The zero-order valence-electron chi connectivity index (χ0n) is 17.9. The first kappa shape index (κ1) is 24.3. The fraction of sp³-hybridized carbons (Fsp3) is 0.348. The second-order valence-corrected chi connectivity index (χ2v) is 7.08. The molecule has 0 aliphatic rings. The molecule has 3 N–H and O–H groups in total. The summed E-state index contributed by atoms with van der Waals surface area (Å²) >= 11 is 5.23. The molecule has 0 bridgehead atoms. The zero-order chi connectivity index (χ0) is 22.5. The Labute approximate surface area is 188 Å². The molecular weight excluding hydrogens is 414 g/mol. The number of carbonyl (C=O) groups is 2. The van der Waals surface area contributed by atoms with E-state index in [2.05, 4.69) is 22.9 Å². The maximum atomic E-state index is 12.4. The number of carbonyl (C=O) groups excluding carboxylic acids is 2. The predicted molar refractivity (Wildman–Crippen MR) is 126 cm³/mol. The maximum absolute atomic E-state index is 12.4. The molecule has 0 saturated heterocycles. The third-order valence-corrected chi connectivity index (χ3v) is 4.45. The summed E-state index contributed by atoms with van der Waals surface area (Å²) in [5.74, 6) is 0.174. The van der Waals surface area contributed by atoms with Crippen LogP contribution in [0.15, 0.2) is 48.5 Å². The zero-order valence-corrected chi connectivity index (χ0v) is 18.7. The highest BCUT2D eigenvalue weighted by Gasteiger charge is 2.10. The molecule has 8 heteroatoms. The molecule has 0 atom stereocenters. The highest BCUT2D eigenvalue weighted by atomic mass is 32.1. The van der Waals surface area contributed by atoms with Gasteiger partial charge in [0.15, 0.2) is 5.11 Å². The SMILES string of the molecule is CCCCNC(=O)c1cccc(NC(=S)NC(=O)c2ccc(OCCOCC)cc2)c1. The number of thiocarbonyl (C=S) groups is 1. The fourth-order valence-corrected chi connectivity index (χ4v) is 2.83. The number of rotatable bonds is 11. The minimum atomic E-state index is -0.341. The van der Waals surface area contributed by atoms with E-state index >= 15 is 0 Å². The van der Waals surface area contributed by atoms with E-state index in [1.165, 1.54) is 0 Å². The van der Waals surface area contributed by atoms with Crippen molar-refractivity contribution in [3.8, 4) is 5.75 Å². The Morgan fingerprint density at radius 2 is 1.74 bits per heavy atom. The van der Waals surface area contributed by atoms with Gasteiger partial charge in [-0.15, -0.1) is 0 Å². The molecule has 0 unspecified atom stereocenters. The molecule has 31 heavy (non-hydrogen) atoms. The van der Waals surface area contributed by atoms with Gasteiger partial charge in [0.2, 0.25) is 0 Å². The molecule has 166 valence electrons. The Bertz CT molecular complexity index is 871. The average molecular weight is 444 g/mol. The van der Waals surface area contributed by atoms with E-state index in [9.17, 15) is 9.59 Å². The minimum Gasteiger partial charge on any atom is -0.491 e. The van der Waals surface area contributed by atoms with Gasteiger partial charge in [0, 0.05) is 30.0 Å². The van der Waals surface area contributed by atoms with Gasteiger partial charge in [-0.2, -0.15) is 0 Å². The van der Waals surface area contributed by atoms with E-state index in [4.69, 9.17) is 21.7 Å². The predicted octanol–water partition coefficient (Wildman–Crippen LogP) is 3.76. The second-order valence-electron chi connectivity index (χ2n) is 6.67. The Morgan fingerprint density at radius 3 is 2.45 bits per heavy atom. The van der Waals surface area contributed by atoms with E-state index in [0.29, 0.717) is 48.9 Å². The largest absolute Gasteiger partial charge is 0.491 e. The summed E-state index contributed by atoms with van der Waals surface area (Å²) in [6.07, 6.45) is 1.94. The molecule has 0 aromatic heterocycles.